The molecule has 0 saturated carbocycles. The molecule has 4 nitrogen and oxygen atoms in total. The first-order valence-electron chi connectivity index (χ1n) is 6.49. The SMILES string of the molecule is Cc1ccc(S(=O)(=O)Nc2cc(C)c(C=O)c(C)c2)cc1. The van der Waals surface area contributed by atoms with Crippen LogP contribution < -0.4 is 4.72 Å². The fourth-order valence-corrected chi connectivity index (χ4v) is 3.19. The fourth-order valence-electron chi connectivity index (χ4n) is 2.15. The summed E-state index contributed by atoms with van der Waals surface area (Å²) in [6.45, 7) is 5.45. The van der Waals surface area contributed by atoms with Crippen LogP contribution in [0.2, 0.25) is 0 Å². The molecule has 0 amide bonds. The minimum absolute atomic E-state index is 0.211. The maximum absolute atomic E-state index is 12.3. The normalized spacial score (nSPS) is 11.2. The van der Waals surface area contributed by atoms with Crippen molar-refractivity contribution >= 4 is 22.0 Å². The lowest BCUT2D eigenvalue weighted by atomic mass is 10.0. The molecule has 0 aromatic heterocycles. The molecule has 0 aliphatic carbocycles. The Hall–Kier alpha value is -2.14. The summed E-state index contributed by atoms with van der Waals surface area (Å²) >= 11 is 0. The lowest BCUT2D eigenvalue weighted by Crippen LogP contribution is -2.13. The maximum Gasteiger partial charge on any atom is 0.261 e. The maximum atomic E-state index is 12.3. The summed E-state index contributed by atoms with van der Waals surface area (Å²) in [4.78, 5) is 11.2. The number of aryl methyl sites for hydroxylation is 3. The van der Waals surface area contributed by atoms with Crippen LogP contribution >= 0.6 is 0 Å². The van der Waals surface area contributed by atoms with Gasteiger partial charge in [-0.1, -0.05) is 17.7 Å². The molecule has 0 aliphatic heterocycles. The van der Waals surface area contributed by atoms with Gasteiger partial charge < -0.3 is 0 Å². The van der Waals surface area contributed by atoms with E-state index in [0.717, 1.165) is 23.0 Å². The number of hydrogen-bond acceptors (Lipinski definition) is 3. The second-order valence-corrected chi connectivity index (χ2v) is 6.74. The highest BCUT2D eigenvalue weighted by Gasteiger charge is 2.15. The van der Waals surface area contributed by atoms with E-state index < -0.39 is 10.0 Å². The highest BCUT2D eigenvalue weighted by molar-refractivity contribution is 7.92. The number of hydrogen-bond donors (Lipinski definition) is 1. The van der Waals surface area contributed by atoms with Gasteiger partial charge in [-0.3, -0.25) is 9.52 Å². The van der Waals surface area contributed by atoms with Crippen molar-refractivity contribution in [1.29, 1.82) is 0 Å². The van der Waals surface area contributed by atoms with Crippen molar-refractivity contribution in [3.8, 4) is 0 Å². The predicted octanol–water partition coefficient (Wildman–Crippen LogP) is 3.23. The first kappa shape index (κ1) is 15.3. The largest absolute Gasteiger partial charge is 0.298 e. The number of aldehydes is 1. The summed E-state index contributed by atoms with van der Waals surface area (Å²) in [6.07, 6.45) is 0.781. The Kier molecular flexibility index (Phi) is 4.14. The van der Waals surface area contributed by atoms with Gasteiger partial charge in [-0.25, -0.2) is 8.42 Å². The van der Waals surface area contributed by atoms with Gasteiger partial charge in [0, 0.05) is 11.3 Å². The molecule has 0 saturated heterocycles. The van der Waals surface area contributed by atoms with Gasteiger partial charge in [0.1, 0.15) is 0 Å². The molecule has 21 heavy (non-hydrogen) atoms. The van der Waals surface area contributed by atoms with Gasteiger partial charge in [-0.05, 0) is 56.2 Å². The highest BCUT2D eigenvalue weighted by atomic mass is 32.2. The van der Waals surface area contributed by atoms with Crippen molar-refractivity contribution in [2.45, 2.75) is 25.7 Å². The van der Waals surface area contributed by atoms with Crippen molar-refractivity contribution in [3.05, 3.63) is 58.7 Å². The van der Waals surface area contributed by atoms with Crippen LogP contribution in [0.15, 0.2) is 41.3 Å². The van der Waals surface area contributed by atoms with E-state index >= 15 is 0 Å². The van der Waals surface area contributed by atoms with E-state index in [2.05, 4.69) is 4.72 Å². The van der Waals surface area contributed by atoms with Crippen molar-refractivity contribution < 1.29 is 13.2 Å². The molecule has 0 heterocycles. The number of benzene rings is 2. The summed E-state index contributed by atoms with van der Waals surface area (Å²) in [6, 6.07) is 9.94. The number of sulfonamides is 1. The molecule has 0 atom stereocenters. The van der Waals surface area contributed by atoms with Crippen LogP contribution in [-0.4, -0.2) is 14.7 Å². The van der Waals surface area contributed by atoms with Crippen molar-refractivity contribution in [2.24, 2.45) is 0 Å². The third-order valence-electron chi connectivity index (χ3n) is 3.30. The van der Waals surface area contributed by atoms with E-state index in [4.69, 9.17) is 0 Å². The molecule has 0 fully saturated rings. The van der Waals surface area contributed by atoms with Gasteiger partial charge in [0.2, 0.25) is 0 Å². The third kappa shape index (κ3) is 3.31. The number of carbonyl (C=O) groups excluding carboxylic acids is 1. The van der Waals surface area contributed by atoms with E-state index in [1.807, 2.05) is 6.92 Å². The first-order chi connectivity index (χ1) is 9.83. The summed E-state index contributed by atoms with van der Waals surface area (Å²) in [5.41, 5.74) is 3.53. The van der Waals surface area contributed by atoms with Gasteiger partial charge in [0.05, 0.1) is 4.90 Å². The van der Waals surface area contributed by atoms with E-state index in [9.17, 15) is 13.2 Å². The minimum Gasteiger partial charge on any atom is -0.298 e. The lowest BCUT2D eigenvalue weighted by Gasteiger charge is -2.11. The van der Waals surface area contributed by atoms with Crippen LogP contribution in [-0.2, 0) is 10.0 Å². The summed E-state index contributed by atoms with van der Waals surface area (Å²) < 4.78 is 27.2. The van der Waals surface area contributed by atoms with Crippen LogP contribution in [0, 0.1) is 20.8 Å². The highest BCUT2D eigenvalue weighted by Crippen LogP contribution is 2.22. The van der Waals surface area contributed by atoms with Crippen LogP contribution in [0.25, 0.3) is 0 Å². The van der Waals surface area contributed by atoms with Gasteiger partial charge in [0.25, 0.3) is 10.0 Å². The molecule has 110 valence electrons. The lowest BCUT2D eigenvalue weighted by molar-refractivity contribution is 0.112. The summed E-state index contributed by atoms with van der Waals surface area (Å²) in [7, 11) is -3.62. The van der Waals surface area contributed by atoms with E-state index in [-0.39, 0.29) is 4.90 Å². The molecule has 0 radical (unpaired) electrons. The molecular weight excluding hydrogens is 286 g/mol. The Bertz CT molecular complexity index is 755. The smallest absolute Gasteiger partial charge is 0.261 e. The monoisotopic (exact) mass is 303 g/mol. The quantitative estimate of drug-likeness (QED) is 0.882. The average molecular weight is 303 g/mol. The zero-order valence-electron chi connectivity index (χ0n) is 12.2. The van der Waals surface area contributed by atoms with Crippen molar-refractivity contribution in [2.75, 3.05) is 4.72 Å². The van der Waals surface area contributed by atoms with Gasteiger partial charge in [-0.2, -0.15) is 0 Å². The van der Waals surface area contributed by atoms with Gasteiger partial charge in [0.15, 0.2) is 6.29 Å². The Morgan fingerprint density at radius 1 is 0.952 bits per heavy atom. The Balaban J connectivity index is 2.37. The standard InChI is InChI=1S/C16H17NO3S/c1-11-4-6-15(7-5-11)21(19,20)17-14-8-12(2)16(10-18)13(3)9-14/h4-10,17H,1-3H3. The average Bonchev–Trinajstić information content (AvgIpc) is 2.38. The van der Waals surface area contributed by atoms with Gasteiger partial charge >= 0.3 is 0 Å². The number of rotatable bonds is 4. The molecule has 0 aliphatic rings. The topological polar surface area (TPSA) is 63.2 Å². The molecule has 2 aromatic carbocycles. The molecule has 2 aromatic rings. The zero-order valence-corrected chi connectivity index (χ0v) is 13.0. The first-order valence-corrected chi connectivity index (χ1v) is 7.98. The Labute approximate surface area is 124 Å². The molecule has 2 rings (SSSR count). The van der Waals surface area contributed by atoms with E-state index in [1.54, 1.807) is 50.2 Å². The molecule has 0 bridgehead atoms. The fraction of sp³-hybridized carbons (Fsp3) is 0.188. The summed E-state index contributed by atoms with van der Waals surface area (Å²) in [5.74, 6) is 0. The Morgan fingerprint density at radius 2 is 1.48 bits per heavy atom. The molecule has 0 spiro atoms. The minimum atomic E-state index is -3.62. The second kappa shape index (κ2) is 5.69. The van der Waals surface area contributed by atoms with Crippen LogP contribution in [0.1, 0.15) is 27.0 Å². The molecule has 0 unspecified atom stereocenters. The third-order valence-corrected chi connectivity index (χ3v) is 4.69. The van der Waals surface area contributed by atoms with Crippen LogP contribution in [0.3, 0.4) is 0 Å². The van der Waals surface area contributed by atoms with Gasteiger partial charge in [-0.15, -0.1) is 0 Å². The Morgan fingerprint density at radius 3 is 1.95 bits per heavy atom. The van der Waals surface area contributed by atoms with Crippen molar-refractivity contribution in [1.82, 2.24) is 0 Å². The van der Waals surface area contributed by atoms with Crippen molar-refractivity contribution in [3.63, 3.8) is 0 Å². The molecule has 5 heteroatoms. The van der Waals surface area contributed by atoms with E-state index in [1.165, 1.54) is 0 Å². The zero-order chi connectivity index (χ0) is 15.6. The summed E-state index contributed by atoms with van der Waals surface area (Å²) in [5, 5.41) is 0. The second-order valence-electron chi connectivity index (χ2n) is 5.06. The number of carbonyl (C=O) groups is 1. The van der Waals surface area contributed by atoms with E-state index in [0.29, 0.717) is 11.3 Å². The molecule has 1 N–H and O–H groups in total. The van der Waals surface area contributed by atoms with Crippen LogP contribution in [0.4, 0.5) is 5.69 Å². The number of nitrogens with one attached hydrogen (secondary N) is 1. The molecular formula is C16H17NO3S. The van der Waals surface area contributed by atoms with Crippen LogP contribution in [0.5, 0.6) is 0 Å². The number of anilines is 1. The predicted molar refractivity (Wildman–Crippen MR) is 83.3 cm³/mol.